The van der Waals surface area contributed by atoms with Gasteiger partial charge in [-0.2, -0.15) is 4.98 Å². The van der Waals surface area contributed by atoms with E-state index in [1.54, 1.807) is 6.07 Å². The lowest BCUT2D eigenvalue weighted by Crippen LogP contribution is -2.06. The minimum absolute atomic E-state index is 0.0446. The Morgan fingerprint density at radius 1 is 1.04 bits per heavy atom. The van der Waals surface area contributed by atoms with Crippen LogP contribution in [-0.4, -0.2) is 21.2 Å². The zero-order valence-electron chi connectivity index (χ0n) is 13.8. The first-order valence-corrected chi connectivity index (χ1v) is 7.61. The Morgan fingerprint density at radius 2 is 1.80 bits per heavy atom. The molecule has 0 unspecified atom stereocenters. The Balaban J connectivity index is 2.02. The molecule has 0 amide bonds. The topological polar surface area (TPSA) is 81.5 Å². The number of aryl methyl sites for hydroxylation is 2. The van der Waals surface area contributed by atoms with Crippen LogP contribution in [0.15, 0.2) is 54.7 Å². The third kappa shape index (κ3) is 3.92. The molecule has 1 aromatic heterocycles. The Morgan fingerprint density at radius 3 is 2.48 bits per heavy atom. The van der Waals surface area contributed by atoms with Gasteiger partial charge in [-0.25, -0.2) is 9.78 Å². The summed E-state index contributed by atoms with van der Waals surface area (Å²) in [7, 11) is 0. The van der Waals surface area contributed by atoms with Crippen molar-refractivity contribution in [1.29, 1.82) is 0 Å². The third-order valence-corrected chi connectivity index (χ3v) is 3.49. The molecule has 0 bridgehead atoms. The van der Waals surface area contributed by atoms with Gasteiger partial charge in [-0.15, -0.1) is 0 Å². The van der Waals surface area contributed by atoms with Crippen LogP contribution in [0.3, 0.4) is 0 Å². The number of carbonyl (C=O) groups is 1. The van der Waals surface area contributed by atoms with Gasteiger partial charge in [0, 0.05) is 5.56 Å². The molecule has 1 heterocycles. The molecule has 0 saturated heterocycles. The van der Waals surface area contributed by atoms with Gasteiger partial charge in [0.25, 0.3) is 5.88 Å². The highest BCUT2D eigenvalue weighted by atomic mass is 16.7. The average Bonchev–Trinajstić information content (AvgIpc) is 2.59. The highest BCUT2D eigenvalue weighted by Crippen LogP contribution is 2.32. The molecule has 0 aliphatic carbocycles. The first kappa shape index (κ1) is 16.4. The second-order valence-corrected chi connectivity index (χ2v) is 5.47. The first-order valence-electron chi connectivity index (χ1n) is 7.61. The standard InChI is InChI=1S/C19H16N2O4/c1-12-8-9-15(13(2)10-12)24-18-16(25-19(22)23)11-20-17(21-18)14-6-4-3-5-7-14/h3-11H,1-2H3,(H,22,23). The summed E-state index contributed by atoms with van der Waals surface area (Å²) in [5, 5.41) is 8.90. The van der Waals surface area contributed by atoms with Gasteiger partial charge in [0.05, 0.1) is 6.20 Å². The van der Waals surface area contributed by atoms with Crippen LogP contribution in [0.5, 0.6) is 17.4 Å². The van der Waals surface area contributed by atoms with Crippen molar-refractivity contribution in [3.05, 3.63) is 65.9 Å². The maximum Gasteiger partial charge on any atom is 0.511 e. The molecule has 6 nitrogen and oxygen atoms in total. The van der Waals surface area contributed by atoms with E-state index in [1.165, 1.54) is 6.20 Å². The van der Waals surface area contributed by atoms with Crippen LogP contribution in [-0.2, 0) is 0 Å². The van der Waals surface area contributed by atoms with Crippen LogP contribution in [0.25, 0.3) is 11.4 Å². The fourth-order valence-corrected chi connectivity index (χ4v) is 2.34. The fourth-order valence-electron chi connectivity index (χ4n) is 2.34. The van der Waals surface area contributed by atoms with Crippen LogP contribution < -0.4 is 9.47 Å². The molecule has 0 spiro atoms. The second kappa shape index (κ2) is 7.00. The number of rotatable bonds is 4. The SMILES string of the molecule is Cc1ccc(Oc2nc(-c3ccccc3)ncc2OC(=O)O)c(C)c1. The summed E-state index contributed by atoms with van der Waals surface area (Å²) in [6.45, 7) is 3.88. The normalized spacial score (nSPS) is 10.3. The van der Waals surface area contributed by atoms with E-state index >= 15 is 0 Å². The van der Waals surface area contributed by atoms with Crippen molar-refractivity contribution >= 4 is 6.16 Å². The molecular formula is C19H16N2O4. The van der Waals surface area contributed by atoms with Gasteiger partial charge in [0.15, 0.2) is 5.82 Å². The van der Waals surface area contributed by atoms with Crippen LogP contribution >= 0.6 is 0 Å². The van der Waals surface area contributed by atoms with Crippen molar-refractivity contribution < 1.29 is 19.4 Å². The molecule has 1 N–H and O–H groups in total. The number of nitrogens with zero attached hydrogens (tertiary/aromatic N) is 2. The minimum atomic E-state index is -1.46. The van der Waals surface area contributed by atoms with Gasteiger partial charge in [0.1, 0.15) is 5.75 Å². The molecule has 0 saturated carbocycles. The average molecular weight is 336 g/mol. The number of benzene rings is 2. The fraction of sp³-hybridized carbons (Fsp3) is 0.105. The summed E-state index contributed by atoms with van der Waals surface area (Å²) in [5.74, 6) is 0.965. The van der Waals surface area contributed by atoms with Gasteiger partial charge < -0.3 is 14.6 Å². The highest BCUT2D eigenvalue weighted by Gasteiger charge is 2.16. The van der Waals surface area contributed by atoms with Crippen LogP contribution in [0, 0.1) is 13.8 Å². The molecular weight excluding hydrogens is 320 g/mol. The van der Waals surface area contributed by atoms with E-state index in [2.05, 4.69) is 9.97 Å². The summed E-state index contributed by atoms with van der Waals surface area (Å²) in [6.07, 6.45) is -0.163. The van der Waals surface area contributed by atoms with E-state index in [-0.39, 0.29) is 11.6 Å². The Hall–Kier alpha value is -3.41. The van der Waals surface area contributed by atoms with Gasteiger partial charge in [-0.1, -0.05) is 48.0 Å². The summed E-state index contributed by atoms with van der Waals surface area (Å²) in [4.78, 5) is 19.4. The largest absolute Gasteiger partial charge is 0.511 e. The number of hydrogen-bond donors (Lipinski definition) is 1. The molecule has 2 aromatic carbocycles. The zero-order chi connectivity index (χ0) is 17.8. The van der Waals surface area contributed by atoms with Crippen LogP contribution in [0.1, 0.15) is 11.1 Å². The van der Waals surface area contributed by atoms with Crippen molar-refractivity contribution in [2.24, 2.45) is 0 Å². The summed E-state index contributed by atoms with van der Waals surface area (Å²) < 4.78 is 10.6. The molecule has 126 valence electrons. The van der Waals surface area contributed by atoms with Gasteiger partial charge in [-0.05, 0) is 25.5 Å². The predicted octanol–water partition coefficient (Wildman–Crippen LogP) is 4.61. The van der Waals surface area contributed by atoms with Gasteiger partial charge in [0.2, 0.25) is 5.75 Å². The Kier molecular flexibility index (Phi) is 4.61. The van der Waals surface area contributed by atoms with Crippen molar-refractivity contribution in [1.82, 2.24) is 9.97 Å². The summed E-state index contributed by atoms with van der Waals surface area (Å²) in [5.41, 5.74) is 2.79. The number of carboxylic acid groups (broad SMARTS) is 1. The smallest absolute Gasteiger partial charge is 0.449 e. The van der Waals surface area contributed by atoms with Gasteiger partial charge >= 0.3 is 6.16 Å². The Bertz CT molecular complexity index is 911. The lowest BCUT2D eigenvalue weighted by Gasteiger charge is -2.12. The molecule has 0 atom stereocenters. The molecule has 0 aliphatic heterocycles. The maximum atomic E-state index is 10.9. The third-order valence-electron chi connectivity index (χ3n) is 3.49. The van der Waals surface area contributed by atoms with Crippen molar-refractivity contribution in [2.45, 2.75) is 13.8 Å². The van der Waals surface area contributed by atoms with Crippen molar-refractivity contribution in [3.8, 4) is 28.8 Å². The molecule has 3 rings (SSSR count). The minimum Gasteiger partial charge on any atom is -0.449 e. The monoisotopic (exact) mass is 336 g/mol. The van der Waals surface area contributed by atoms with E-state index in [0.717, 1.165) is 16.7 Å². The lowest BCUT2D eigenvalue weighted by molar-refractivity contribution is 0.142. The molecule has 25 heavy (non-hydrogen) atoms. The van der Waals surface area contributed by atoms with E-state index in [1.807, 2.05) is 56.3 Å². The molecule has 3 aromatic rings. The highest BCUT2D eigenvalue weighted by molar-refractivity contribution is 5.63. The van der Waals surface area contributed by atoms with E-state index < -0.39 is 6.16 Å². The number of hydrogen-bond acceptors (Lipinski definition) is 5. The molecule has 0 fully saturated rings. The molecule has 6 heteroatoms. The van der Waals surface area contributed by atoms with Crippen molar-refractivity contribution in [2.75, 3.05) is 0 Å². The zero-order valence-corrected chi connectivity index (χ0v) is 13.8. The Labute approximate surface area is 144 Å². The number of ether oxygens (including phenoxy) is 2. The predicted molar refractivity (Wildman–Crippen MR) is 92.1 cm³/mol. The molecule has 0 radical (unpaired) electrons. The van der Waals surface area contributed by atoms with E-state index in [4.69, 9.17) is 14.6 Å². The molecule has 0 aliphatic rings. The quantitative estimate of drug-likeness (QED) is 0.701. The van der Waals surface area contributed by atoms with Crippen LogP contribution in [0.2, 0.25) is 0 Å². The second-order valence-electron chi connectivity index (χ2n) is 5.47. The summed E-state index contributed by atoms with van der Waals surface area (Å²) in [6, 6.07) is 15.0. The number of aromatic nitrogens is 2. The maximum absolute atomic E-state index is 10.9. The first-order chi connectivity index (χ1) is 12.0. The van der Waals surface area contributed by atoms with E-state index in [9.17, 15) is 4.79 Å². The summed E-state index contributed by atoms with van der Waals surface area (Å²) >= 11 is 0. The van der Waals surface area contributed by atoms with Gasteiger partial charge in [-0.3, -0.25) is 0 Å². The van der Waals surface area contributed by atoms with Crippen molar-refractivity contribution in [3.63, 3.8) is 0 Å². The van der Waals surface area contributed by atoms with Crippen LogP contribution in [0.4, 0.5) is 4.79 Å². The lowest BCUT2D eigenvalue weighted by atomic mass is 10.1. The van der Waals surface area contributed by atoms with E-state index in [0.29, 0.717) is 11.6 Å².